The zero-order chi connectivity index (χ0) is 16.8. The van der Waals surface area contributed by atoms with E-state index in [1.807, 2.05) is 19.1 Å². The monoisotopic (exact) mass is 333 g/mol. The molecule has 0 aliphatic rings. The number of nitrogens with one attached hydrogen (secondary N) is 1. The number of amides is 1. The molecule has 1 heterocycles. The fourth-order valence-corrected chi connectivity index (χ4v) is 2.40. The van der Waals surface area contributed by atoms with Crippen molar-refractivity contribution >= 4 is 17.7 Å². The van der Waals surface area contributed by atoms with Crippen LogP contribution in [0.5, 0.6) is 0 Å². The van der Waals surface area contributed by atoms with Gasteiger partial charge in [0.1, 0.15) is 10.8 Å². The molecule has 4 nitrogen and oxygen atoms in total. The standard InChI is InChI=1S/C17H20FN3OS/c1-11(2)12(3)19-16(22)10-23-17-9-8-15(20-21-17)13-4-6-14(18)7-5-13/h4-9,11-12H,10H2,1-3H3,(H,19,22). The summed E-state index contributed by atoms with van der Waals surface area (Å²) >= 11 is 1.34. The Labute approximate surface area is 139 Å². The number of halogens is 1. The summed E-state index contributed by atoms with van der Waals surface area (Å²) < 4.78 is 12.9. The van der Waals surface area contributed by atoms with Gasteiger partial charge in [-0.25, -0.2) is 4.39 Å². The number of thioether (sulfide) groups is 1. The second kappa shape index (κ2) is 8.06. The Hall–Kier alpha value is -1.95. The Morgan fingerprint density at radius 3 is 2.39 bits per heavy atom. The molecule has 2 aromatic rings. The zero-order valence-electron chi connectivity index (χ0n) is 13.4. The third-order valence-electron chi connectivity index (χ3n) is 3.52. The van der Waals surface area contributed by atoms with Crippen LogP contribution in [0.2, 0.25) is 0 Å². The number of hydrogen-bond donors (Lipinski definition) is 1. The predicted octanol–water partition coefficient (Wildman–Crippen LogP) is 3.54. The summed E-state index contributed by atoms with van der Waals surface area (Å²) in [6, 6.07) is 9.88. The fraction of sp³-hybridized carbons (Fsp3) is 0.353. The van der Waals surface area contributed by atoms with Gasteiger partial charge in [0, 0.05) is 11.6 Å². The Kier molecular flexibility index (Phi) is 6.10. The molecule has 0 aliphatic carbocycles. The first-order valence-electron chi connectivity index (χ1n) is 7.47. The Morgan fingerprint density at radius 1 is 1.13 bits per heavy atom. The van der Waals surface area contributed by atoms with Gasteiger partial charge >= 0.3 is 0 Å². The van der Waals surface area contributed by atoms with Crippen LogP contribution in [0.4, 0.5) is 4.39 Å². The molecule has 6 heteroatoms. The first-order valence-corrected chi connectivity index (χ1v) is 8.46. The lowest BCUT2D eigenvalue weighted by atomic mass is 10.1. The van der Waals surface area contributed by atoms with Crippen LogP contribution < -0.4 is 5.32 Å². The normalized spacial score (nSPS) is 12.2. The summed E-state index contributed by atoms with van der Waals surface area (Å²) in [4.78, 5) is 11.8. The maximum atomic E-state index is 12.9. The maximum absolute atomic E-state index is 12.9. The highest BCUT2D eigenvalue weighted by Gasteiger charge is 2.11. The second-order valence-corrected chi connectivity index (χ2v) is 6.65. The summed E-state index contributed by atoms with van der Waals surface area (Å²) in [7, 11) is 0. The molecular formula is C17H20FN3OS. The average molecular weight is 333 g/mol. The van der Waals surface area contributed by atoms with E-state index in [0.717, 1.165) is 5.56 Å². The predicted molar refractivity (Wildman–Crippen MR) is 90.6 cm³/mol. The number of hydrogen-bond acceptors (Lipinski definition) is 4. The van der Waals surface area contributed by atoms with Gasteiger partial charge in [0.25, 0.3) is 0 Å². The SMILES string of the molecule is CC(C)C(C)NC(=O)CSc1ccc(-c2ccc(F)cc2)nn1. The summed E-state index contributed by atoms with van der Waals surface area (Å²) in [6.45, 7) is 6.13. The van der Waals surface area contributed by atoms with Gasteiger partial charge in [-0.1, -0.05) is 25.6 Å². The first-order chi connectivity index (χ1) is 11.0. The number of carbonyl (C=O) groups is 1. The summed E-state index contributed by atoms with van der Waals surface area (Å²) in [5.74, 6) is 0.414. The van der Waals surface area contributed by atoms with Crippen LogP contribution in [0.25, 0.3) is 11.3 Å². The molecule has 1 unspecified atom stereocenters. The highest BCUT2D eigenvalue weighted by Crippen LogP contribution is 2.20. The largest absolute Gasteiger partial charge is 0.353 e. The molecule has 122 valence electrons. The van der Waals surface area contributed by atoms with Crippen molar-refractivity contribution in [3.8, 4) is 11.3 Å². The Bertz CT molecular complexity index is 644. The van der Waals surface area contributed by atoms with Crippen molar-refractivity contribution < 1.29 is 9.18 Å². The van der Waals surface area contributed by atoms with Gasteiger partial charge in [0.05, 0.1) is 11.4 Å². The van der Waals surface area contributed by atoms with Crippen LogP contribution >= 0.6 is 11.8 Å². The van der Waals surface area contributed by atoms with Gasteiger partial charge < -0.3 is 5.32 Å². The number of benzene rings is 1. The quantitative estimate of drug-likeness (QED) is 0.822. The zero-order valence-corrected chi connectivity index (χ0v) is 14.2. The molecule has 1 amide bonds. The van der Waals surface area contributed by atoms with Crippen LogP contribution in [-0.2, 0) is 4.79 Å². The highest BCUT2D eigenvalue weighted by atomic mass is 32.2. The molecule has 1 N–H and O–H groups in total. The molecule has 0 spiro atoms. The number of carbonyl (C=O) groups excluding carboxylic acids is 1. The van der Waals surface area contributed by atoms with E-state index >= 15 is 0 Å². The number of nitrogens with zero attached hydrogens (tertiary/aromatic N) is 2. The van der Waals surface area contributed by atoms with Gasteiger partial charge in [-0.05, 0) is 49.2 Å². The summed E-state index contributed by atoms with van der Waals surface area (Å²) in [5, 5.41) is 11.9. The fourth-order valence-electron chi connectivity index (χ4n) is 1.77. The highest BCUT2D eigenvalue weighted by molar-refractivity contribution is 7.99. The minimum absolute atomic E-state index is 0.0133. The number of aromatic nitrogens is 2. The molecular weight excluding hydrogens is 313 g/mol. The molecule has 1 aromatic carbocycles. The van der Waals surface area contributed by atoms with Gasteiger partial charge in [-0.15, -0.1) is 10.2 Å². The van der Waals surface area contributed by atoms with Gasteiger partial charge in [0.15, 0.2) is 0 Å². The molecule has 1 atom stereocenters. The van der Waals surface area contributed by atoms with Crippen LogP contribution in [0, 0.1) is 11.7 Å². The van der Waals surface area contributed by atoms with Crippen LogP contribution in [0.15, 0.2) is 41.4 Å². The molecule has 0 fully saturated rings. The molecule has 1 aromatic heterocycles. The Balaban J connectivity index is 1.90. The van der Waals surface area contributed by atoms with E-state index in [-0.39, 0.29) is 17.8 Å². The molecule has 0 radical (unpaired) electrons. The molecule has 2 rings (SSSR count). The van der Waals surface area contributed by atoms with Crippen LogP contribution in [0.3, 0.4) is 0 Å². The van der Waals surface area contributed by atoms with Crippen LogP contribution in [0.1, 0.15) is 20.8 Å². The molecule has 0 saturated carbocycles. The lowest BCUT2D eigenvalue weighted by molar-refractivity contribution is -0.119. The second-order valence-electron chi connectivity index (χ2n) is 5.65. The van der Waals surface area contributed by atoms with E-state index < -0.39 is 0 Å². The van der Waals surface area contributed by atoms with E-state index in [2.05, 4.69) is 29.4 Å². The topological polar surface area (TPSA) is 54.9 Å². The van der Waals surface area contributed by atoms with E-state index in [4.69, 9.17) is 0 Å². The first kappa shape index (κ1) is 17.4. The van der Waals surface area contributed by atoms with E-state index in [9.17, 15) is 9.18 Å². The summed E-state index contributed by atoms with van der Waals surface area (Å²) in [6.07, 6.45) is 0. The van der Waals surface area contributed by atoms with Crippen molar-refractivity contribution in [3.05, 3.63) is 42.2 Å². The Morgan fingerprint density at radius 2 is 1.83 bits per heavy atom. The molecule has 23 heavy (non-hydrogen) atoms. The minimum atomic E-state index is -0.282. The van der Waals surface area contributed by atoms with Crippen molar-refractivity contribution in [3.63, 3.8) is 0 Å². The average Bonchev–Trinajstić information content (AvgIpc) is 2.54. The van der Waals surface area contributed by atoms with Crippen molar-refractivity contribution in [1.29, 1.82) is 0 Å². The minimum Gasteiger partial charge on any atom is -0.353 e. The van der Waals surface area contributed by atoms with Gasteiger partial charge in [-0.3, -0.25) is 4.79 Å². The van der Waals surface area contributed by atoms with Gasteiger partial charge in [0.2, 0.25) is 5.91 Å². The molecule has 0 saturated heterocycles. The maximum Gasteiger partial charge on any atom is 0.230 e. The third-order valence-corrected chi connectivity index (χ3v) is 4.44. The smallest absolute Gasteiger partial charge is 0.230 e. The lowest BCUT2D eigenvalue weighted by Gasteiger charge is -2.17. The van der Waals surface area contributed by atoms with E-state index in [0.29, 0.717) is 22.4 Å². The molecule has 0 aliphatic heterocycles. The van der Waals surface area contributed by atoms with Crippen molar-refractivity contribution in [2.45, 2.75) is 31.8 Å². The van der Waals surface area contributed by atoms with E-state index in [1.54, 1.807) is 12.1 Å². The number of rotatable bonds is 6. The molecule has 0 bridgehead atoms. The van der Waals surface area contributed by atoms with Crippen molar-refractivity contribution in [1.82, 2.24) is 15.5 Å². The van der Waals surface area contributed by atoms with Crippen molar-refractivity contribution in [2.75, 3.05) is 5.75 Å². The van der Waals surface area contributed by atoms with E-state index in [1.165, 1.54) is 23.9 Å². The van der Waals surface area contributed by atoms with Gasteiger partial charge in [-0.2, -0.15) is 0 Å². The third kappa shape index (κ3) is 5.32. The lowest BCUT2D eigenvalue weighted by Crippen LogP contribution is -2.37. The summed E-state index contributed by atoms with van der Waals surface area (Å²) in [5.41, 5.74) is 1.48. The van der Waals surface area contributed by atoms with Crippen molar-refractivity contribution in [2.24, 2.45) is 5.92 Å². The van der Waals surface area contributed by atoms with Crippen LogP contribution in [-0.4, -0.2) is 27.9 Å².